The van der Waals surface area contributed by atoms with E-state index in [0.717, 1.165) is 11.3 Å². The maximum atomic E-state index is 13.4. The highest BCUT2D eigenvalue weighted by Gasteiger charge is 2.23. The zero-order valence-electron chi connectivity index (χ0n) is 17.9. The molecule has 0 spiro atoms. The number of ether oxygens (including phenoxy) is 1. The molecular formula is C23H22ClN5O3. The van der Waals surface area contributed by atoms with Gasteiger partial charge < -0.3 is 4.74 Å². The fourth-order valence-corrected chi connectivity index (χ4v) is 3.37. The number of carbonyl (C=O) groups is 1. The van der Waals surface area contributed by atoms with Crippen molar-refractivity contribution in [3.05, 3.63) is 86.3 Å². The summed E-state index contributed by atoms with van der Waals surface area (Å²) in [7, 11) is 0. The largest absolute Gasteiger partial charge is 0.494 e. The van der Waals surface area contributed by atoms with E-state index in [4.69, 9.17) is 16.3 Å². The molecule has 2 aromatic heterocycles. The fraction of sp³-hybridized carbons (Fsp3) is 0.217. The van der Waals surface area contributed by atoms with E-state index in [2.05, 4.69) is 15.1 Å². The number of aromatic nitrogens is 4. The number of rotatable bonds is 6. The molecule has 164 valence electrons. The minimum atomic E-state index is -0.295. The van der Waals surface area contributed by atoms with Gasteiger partial charge in [0.15, 0.2) is 0 Å². The minimum absolute atomic E-state index is 0.202. The fourth-order valence-electron chi connectivity index (χ4n) is 3.24. The van der Waals surface area contributed by atoms with Crippen molar-refractivity contribution in [1.29, 1.82) is 0 Å². The third kappa shape index (κ3) is 4.22. The molecule has 2 heterocycles. The van der Waals surface area contributed by atoms with Gasteiger partial charge in [-0.2, -0.15) is 9.50 Å². The monoisotopic (exact) mass is 451 g/mol. The Hall–Kier alpha value is -3.65. The van der Waals surface area contributed by atoms with Crippen molar-refractivity contribution in [1.82, 2.24) is 19.6 Å². The second-order valence-corrected chi connectivity index (χ2v) is 7.72. The number of benzene rings is 2. The van der Waals surface area contributed by atoms with Crippen LogP contribution in [0.4, 0.5) is 5.95 Å². The second kappa shape index (κ2) is 8.84. The first kappa shape index (κ1) is 21.6. The topological polar surface area (TPSA) is 92.6 Å². The maximum Gasteiger partial charge on any atom is 0.277 e. The van der Waals surface area contributed by atoms with E-state index in [1.54, 1.807) is 38.1 Å². The first-order valence-corrected chi connectivity index (χ1v) is 10.5. The van der Waals surface area contributed by atoms with Gasteiger partial charge in [0.1, 0.15) is 5.75 Å². The summed E-state index contributed by atoms with van der Waals surface area (Å²) in [5, 5.41) is 3.46. The first-order valence-electron chi connectivity index (χ1n) is 10.1. The van der Waals surface area contributed by atoms with E-state index >= 15 is 0 Å². The molecule has 0 saturated carbocycles. The molecule has 4 rings (SSSR count). The Morgan fingerprint density at radius 1 is 1.09 bits per heavy atom. The highest BCUT2D eigenvalue weighted by molar-refractivity contribution is 6.30. The van der Waals surface area contributed by atoms with Crippen molar-refractivity contribution in [2.75, 3.05) is 11.5 Å². The van der Waals surface area contributed by atoms with Gasteiger partial charge in [0.05, 0.1) is 13.2 Å². The van der Waals surface area contributed by atoms with Gasteiger partial charge in [-0.25, -0.2) is 4.98 Å². The minimum Gasteiger partial charge on any atom is -0.494 e. The Bertz CT molecular complexity index is 1330. The van der Waals surface area contributed by atoms with Gasteiger partial charge in [-0.1, -0.05) is 23.7 Å². The van der Waals surface area contributed by atoms with Crippen LogP contribution in [0.2, 0.25) is 5.02 Å². The lowest BCUT2D eigenvalue weighted by Crippen LogP contribution is -2.31. The highest BCUT2D eigenvalue weighted by atomic mass is 35.5. The van der Waals surface area contributed by atoms with Crippen molar-refractivity contribution in [3.8, 4) is 5.75 Å². The van der Waals surface area contributed by atoms with E-state index in [0.29, 0.717) is 28.5 Å². The number of H-pyrrole nitrogens is 1. The van der Waals surface area contributed by atoms with Crippen LogP contribution < -0.4 is 15.2 Å². The third-order valence-electron chi connectivity index (χ3n) is 5.12. The molecule has 1 amide bonds. The van der Waals surface area contributed by atoms with E-state index in [1.165, 1.54) is 9.42 Å². The van der Waals surface area contributed by atoms with Crippen molar-refractivity contribution in [3.63, 3.8) is 0 Å². The van der Waals surface area contributed by atoms with E-state index < -0.39 is 0 Å². The molecule has 0 radical (unpaired) electrons. The Labute approximate surface area is 189 Å². The lowest BCUT2D eigenvalue weighted by molar-refractivity contribution is 0.0983. The molecule has 0 aliphatic rings. The summed E-state index contributed by atoms with van der Waals surface area (Å²) in [5.41, 5.74) is 2.15. The summed E-state index contributed by atoms with van der Waals surface area (Å²) in [5.74, 6) is 0.871. The SMILES string of the molecule is CCOc1ccc(CN(C(=O)c2ccc(Cl)cc2)c2nc3nc(C)c(C)c(=O)n3[nH]2)cc1. The number of amides is 1. The average molecular weight is 452 g/mol. The Morgan fingerprint density at radius 2 is 1.78 bits per heavy atom. The van der Waals surface area contributed by atoms with E-state index in [1.807, 2.05) is 31.2 Å². The summed E-state index contributed by atoms with van der Waals surface area (Å²) in [4.78, 5) is 36.3. The predicted octanol–water partition coefficient (Wildman–Crippen LogP) is 3.93. The molecule has 0 saturated heterocycles. The standard InChI is InChI=1S/C23H22ClN5O3/c1-4-32-19-11-5-16(6-12-19)13-28(21(31)17-7-9-18(24)10-8-17)23-26-22-25-15(3)14(2)20(30)29(22)27-23/h5-12H,4,13H2,1-3H3,(H,25,26,27). The molecule has 32 heavy (non-hydrogen) atoms. The van der Waals surface area contributed by atoms with Crippen LogP contribution in [-0.2, 0) is 6.54 Å². The predicted molar refractivity (Wildman–Crippen MR) is 123 cm³/mol. The molecule has 0 unspecified atom stereocenters. The van der Waals surface area contributed by atoms with Crippen LogP contribution in [0.3, 0.4) is 0 Å². The lowest BCUT2D eigenvalue weighted by Gasteiger charge is -2.20. The van der Waals surface area contributed by atoms with Gasteiger partial charge >= 0.3 is 0 Å². The Morgan fingerprint density at radius 3 is 2.44 bits per heavy atom. The molecule has 8 nitrogen and oxygen atoms in total. The molecule has 2 aromatic carbocycles. The molecule has 0 atom stereocenters. The molecular weight excluding hydrogens is 430 g/mol. The van der Waals surface area contributed by atoms with Crippen molar-refractivity contribution in [2.45, 2.75) is 27.3 Å². The number of aryl methyl sites for hydroxylation is 1. The molecule has 4 aromatic rings. The van der Waals surface area contributed by atoms with Gasteiger partial charge in [0.2, 0.25) is 5.95 Å². The second-order valence-electron chi connectivity index (χ2n) is 7.29. The number of hydrogen-bond donors (Lipinski definition) is 1. The zero-order valence-corrected chi connectivity index (χ0v) is 18.7. The van der Waals surface area contributed by atoms with Crippen LogP contribution in [0, 0.1) is 13.8 Å². The van der Waals surface area contributed by atoms with Gasteiger partial charge in [0.25, 0.3) is 17.2 Å². The Balaban J connectivity index is 1.77. The normalized spacial score (nSPS) is 11.0. The van der Waals surface area contributed by atoms with Crippen LogP contribution in [0.5, 0.6) is 5.75 Å². The number of nitrogens with zero attached hydrogens (tertiary/aromatic N) is 4. The summed E-state index contributed by atoms with van der Waals surface area (Å²) in [6, 6.07) is 14.1. The van der Waals surface area contributed by atoms with E-state index in [9.17, 15) is 9.59 Å². The highest BCUT2D eigenvalue weighted by Crippen LogP contribution is 2.20. The van der Waals surface area contributed by atoms with Gasteiger partial charge in [-0.3, -0.25) is 19.6 Å². The van der Waals surface area contributed by atoms with Crippen LogP contribution >= 0.6 is 11.6 Å². The number of hydrogen-bond acceptors (Lipinski definition) is 5. The van der Waals surface area contributed by atoms with Crippen molar-refractivity contribution in [2.24, 2.45) is 0 Å². The number of fused-ring (bicyclic) bond motifs is 1. The lowest BCUT2D eigenvalue weighted by atomic mass is 10.1. The number of halogens is 1. The number of nitrogens with one attached hydrogen (secondary N) is 1. The zero-order chi connectivity index (χ0) is 22.8. The number of carbonyl (C=O) groups excluding carboxylic acids is 1. The summed E-state index contributed by atoms with van der Waals surface area (Å²) < 4.78 is 6.74. The molecule has 0 fully saturated rings. The third-order valence-corrected chi connectivity index (χ3v) is 5.37. The summed E-state index contributed by atoms with van der Waals surface area (Å²) in [6.07, 6.45) is 0. The van der Waals surface area contributed by atoms with Gasteiger partial charge in [-0.15, -0.1) is 0 Å². The van der Waals surface area contributed by atoms with Crippen LogP contribution in [0.1, 0.15) is 34.1 Å². The molecule has 0 bridgehead atoms. The van der Waals surface area contributed by atoms with Gasteiger partial charge in [0, 0.05) is 21.8 Å². The van der Waals surface area contributed by atoms with Crippen LogP contribution in [0.25, 0.3) is 5.78 Å². The van der Waals surface area contributed by atoms with E-state index in [-0.39, 0.29) is 29.7 Å². The van der Waals surface area contributed by atoms with Crippen molar-refractivity contribution >= 4 is 29.2 Å². The number of anilines is 1. The van der Waals surface area contributed by atoms with Crippen LogP contribution in [0.15, 0.2) is 53.3 Å². The maximum absolute atomic E-state index is 13.4. The Kier molecular flexibility index (Phi) is 5.96. The molecule has 0 aliphatic carbocycles. The summed E-state index contributed by atoms with van der Waals surface area (Å²) in [6.45, 7) is 6.16. The smallest absolute Gasteiger partial charge is 0.277 e. The quantitative estimate of drug-likeness (QED) is 0.479. The van der Waals surface area contributed by atoms with Gasteiger partial charge in [-0.05, 0) is 62.7 Å². The summed E-state index contributed by atoms with van der Waals surface area (Å²) >= 11 is 5.98. The van der Waals surface area contributed by atoms with Crippen LogP contribution in [-0.4, -0.2) is 32.1 Å². The number of aromatic amines is 1. The van der Waals surface area contributed by atoms with Crippen molar-refractivity contribution < 1.29 is 9.53 Å². The molecule has 9 heteroatoms. The first-order chi connectivity index (χ1) is 15.4. The molecule has 0 aliphatic heterocycles. The average Bonchev–Trinajstić information content (AvgIpc) is 3.21. The molecule has 1 N–H and O–H groups in total.